The number of carbonyl (C=O) groups is 2. The lowest BCUT2D eigenvalue weighted by Crippen LogP contribution is -2.24. The number of aryl methyl sites for hydroxylation is 1. The Morgan fingerprint density at radius 1 is 0.690 bits per heavy atom. The third-order valence-corrected chi connectivity index (χ3v) is 7.43. The zero-order valence-corrected chi connectivity index (χ0v) is 25.7. The predicted octanol–water partition coefficient (Wildman–Crippen LogP) is 9.63. The van der Waals surface area contributed by atoms with Crippen molar-refractivity contribution in [3.63, 3.8) is 0 Å². The first-order chi connectivity index (χ1) is 20.2. The van der Waals surface area contributed by atoms with E-state index in [4.69, 9.17) is 51.1 Å². The number of ether oxygens (including phenoxy) is 1. The molecule has 5 nitrogen and oxygen atoms in total. The molecule has 0 aliphatic heterocycles. The first-order valence-electron chi connectivity index (χ1n) is 13.5. The number of carbonyl (C=O) groups excluding carboxylic acids is 1. The Morgan fingerprint density at radius 3 is 1.74 bits per heavy atom. The van der Waals surface area contributed by atoms with Gasteiger partial charge < -0.3 is 15.2 Å². The maximum absolute atomic E-state index is 13.4. The fraction of sp³-hybridized carbons (Fsp3) is 0.212. The Morgan fingerprint density at radius 2 is 1.21 bits per heavy atom. The highest BCUT2D eigenvalue weighted by Gasteiger charge is 2.21. The number of halogens is 4. The van der Waals surface area contributed by atoms with Gasteiger partial charge in [-0.25, -0.2) is 4.79 Å². The van der Waals surface area contributed by atoms with Gasteiger partial charge in [0.1, 0.15) is 5.75 Å². The Balaban J connectivity index is 1.60. The maximum Gasteiger partial charge on any atom is 0.341 e. The van der Waals surface area contributed by atoms with Crippen molar-refractivity contribution in [2.75, 3.05) is 13.2 Å². The van der Waals surface area contributed by atoms with Gasteiger partial charge in [0.25, 0.3) is 5.91 Å². The van der Waals surface area contributed by atoms with E-state index >= 15 is 0 Å². The van der Waals surface area contributed by atoms with Crippen LogP contribution in [0.25, 0.3) is 22.3 Å². The smallest absolute Gasteiger partial charge is 0.341 e. The Kier molecular flexibility index (Phi) is 11.6. The molecule has 0 aromatic heterocycles. The predicted molar refractivity (Wildman–Crippen MR) is 171 cm³/mol. The number of hydrogen-bond donors (Lipinski definition) is 2. The summed E-state index contributed by atoms with van der Waals surface area (Å²) in [4.78, 5) is 24.9. The minimum absolute atomic E-state index is 0.226. The van der Waals surface area contributed by atoms with Crippen molar-refractivity contribution < 1.29 is 19.4 Å². The van der Waals surface area contributed by atoms with Gasteiger partial charge in [-0.05, 0) is 84.5 Å². The van der Waals surface area contributed by atoms with E-state index < -0.39 is 12.6 Å². The highest BCUT2D eigenvalue weighted by molar-refractivity contribution is 6.35. The number of aliphatic carboxylic acids is 1. The molecule has 0 saturated heterocycles. The van der Waals surface area contributed by atoms with Gasteiger partial charge in [0, 0.05) is 43.3 Å². The molecule has 0 bridgehead atoms. The SMILES string of the molecule is O=C(O)COc1c(-c2cc(Cl)cc(Cl)c2)cc(C(=O)NCCCCCCc2ccccc2)cc1-c1cc(Cl)cc(Cl)c1. The van der Waals surface area contributed by atoms with Crippen LogP contribution < -0.4 is 10.1 Å². The Labute approximate surface area is 265 Å². The number of rotatable bonds is 13. The van der Waals surface area contributed by atoms with Crippen molar-refractivity contribution in [3.8, 4) is 28.0 Å². The van der Waals surface area contributed by atoms with E-state index in [2.05, 4.69) is 29.6 Å². The van der Waals surface area contributed by atoms with Crippen LogP contribution in [-0.2, 0) is 11.2 Å². The molecular weight excluding hydrogens is 616 g/mol. The van der Waals surface area contributed by atoms with E-state index in [0.29, 0.717) is 54.5 Å². The molecule has 42 heavy (non-hydrogen) atoms. The lowest BCUT2D eigenvalue weighted by atomic mass is 9.94. The molecule has 0 atom stereocenters. The van der Waals surface area contributed by atoms with Crippen molar-refractivity contribution in [1.29, 1.82) is 0 Å². The fourth-order valence-corrected chi connectivity index (χ4v) is 5.71. The number of nitrogens with one attached hydrogen (secondary N) is 1. The first kappa shape index (κ1) is 31.7. The largest absolute Gasteiger partial charge is 0.481 e. The molecule has 218 valence electrons. The molecule has 9 heteroatoms. The molecule has 0 unspecified atom stereocenters. The van der Waals surface area contributed by atoms with Crippen LogP contribution in [0, 0.1) is 0 Å². The molecule has 1 amide bonds. The van der Waals surface area contributed by atoms with Gasteiger partial charge in [0.05, 0.1) is 0 Å². The summed E-state index contributed by atoms with van der Waals surface area (Å²) in [6.07, 6.45) is 5.03. The number of hydrogen-bond acceptors (Lipinski definition) is 3. The summed E-state index contributed by atoms with van der Waals surface area (Å²) >= 11 is 25.2. The molecule has 0 aliphatic carbocycles. The summed E-state index contributed by atoms with van der Waals surface area (Å²) in [5, 5.41) is 13.9. The van der Waals surface area contributed by atoms with Crippen LogP contribution in [0.5, 0.6) is 5.75 Å². The minimum atomic E-state index is -1.16. The average Bonchev–Trinajstić information content (AvgIpc) is 2.94. The number of carboxylic acid groups (broad SMARTS) is 1. The van der Waals surface area contributed by atoms with Crippen LogP contribution in [0.3, 0.4) is 0 Å². The molecule has 0 fully saturated rings. The van der Waals surface area contributed by atoms with E-state index in [1.54, 1.807) is 48.5 Å². The maximum atomic E-state index is 13.4. The second-order valence-electron chi connectivity index (χ2n) is 9.80. The molecule has 0 radical (unpaired) electrons. The molecular formula is C33H29Cl4NO4. The van der Waals surface area contributed by atoms with Crippen LogP contribution >= 0.6 is 46.4 Å². The van der Waals surface area contributed by atoms with Crippen molar-refractivity contribution >= 4 is 58.3 Å². The summed E-state index contributed by atoms with van der Waals surface area (Å²) in [6, 6.07) is 23.5. The lowest BCUT2D eigenvalue weighted by molar-refractivity contribution is -0.139. The molecule has 4 aromatic carbocycles. The Bertz CT molecular complexity index is 1450. The minimum Gasteiger partial charge on any atom is -0.481 e. The molecule has 2 N–H and O–H groups in total. The summed E-state index contributed by atoms with van der Waals surface area (Å²) in [7, 11) is 0. The van der Waals surface area contributed by atoms with E-state index in [1.807, 2.05) is 6.07 Å². The zero-order chi connectivity index (χ0) is 30.1. The molecule has 0 aliphatic rings. The van der Waals surface area contributed by atoms with Gasteiger partial charge in [0.15, 0.2) is 6.61 Å². The van der Waals surface area contributed by atoms with E-state index in [9.17, 15) is 14.7 Å². The highest BCUT2D eigenvalue weighted by Crippen LogP contribution is 2.43. The second kappa shape index (κ2) is 15.3. The van der Waals surface area contributed by atoms with E-state index in [1.165, 1.54) is 5.56 Å². The standard InChI is InChI=1S/C33H29Cl4NO4/c34-25-12-22(13-26(35)18-25)29-16-24(33(41)38-11-7-2-1-4-8-21-9-5-3-6-10-21)17-30(32(29)42-20-31(39)40)23-14-27(36)19-28(37)15-23/h3,5-6,9-10,12-19H,1-2,4,7-8,11,20H2,(H,38,41)(H,39,40). The van der Waals surface area contributed by atoms with Gasteiger partial charge in [-0.3, -0.25) is 4.79 Å². The quantitative estimate of drug-likeness (QED) is 0.142. The topological polar surface area (TPSA) is 75.6 Å². The van der Waals surface area contributed by atoms with Crippen LogP contribution in [-0.4, -0.2) is 30.1 Å². The average molecular weight is 645 g/mol. The highest BCUT2D eigenvalue weighted by atomic mass is 35.5. The van der Waals surface area contributed by atoms with Crippen molar-refractivity contribution in [2.24, 2.45) is 0 Å². The van der Waals surface area contributed by atoms with Gasteiger partial charge in [-0.15, -0.1) is 0 Å². The molecule has 0 spiro atoms. The van der Waals surface area contributed by atoms with E-state index in [0.717, 1.165) is 32.1 Å². The molecule has 4 aromatic rings. The monoisotopic (exact) mass is 643 g/mol. The third-order valence-electron chi connectivity index (χ3n) is 6.56. The molecule has 4 rings (SSSR count). The second-order valence-corrected chi connectivity index (χ2v) is 11.6. The zero-order valence-electron chi connectivity index (χ0n) is 22.6. The van der Waals surface area contributed by atoms with Crippen LogP contribution in [0.15, 0.2) is 78.9 Å². The first-order valence-corrected chi connectivity index (χ1v) is 15.0. The van der Waals surface area contributed by atoms with Crippen molar-refractivity contribution in [2.45, 2.75) is 32.1 Å². The number of amides is 1. The van der Waals surface area contributed by atoms with Crippen LogP contribution in [0.2, 0.25) is 20.1 Å². The Hall–Kier alpha value is -3.22. The number of carboxylic acids is 1. The fourth-order valence-electron chi connectivity index (χ4n) is 4.65. The summed E-state index contributed by atoms with van der Waals surface area (Å²) < 4.78 is 5.80. The van der Waals surface area contributed by atoms with Gasteiger partial charge >= 0.3 is 5.97 Å². The summed E-state index contributed by atoms with van der Waals surface area (Å²) in [5.74, 6) is -1.22. The molecule has 0 heterocycles. The summed E-state index contributed by atoms with van der Waals surface area (Å²) in [5.41, 5.74) is 3.67. The number of benzene rings is 4. The van der Waals surface area contributed by atoms with Gasteiger partial charge in [-0.1, -0.05) is 89.6 Å². The summed E-state index contributed by atoms with van der Waals surface area (Å²) in [6.45, 7) is -0.101. The van der Waals surface area contributed by atoms with Crippen molar-refractivity contribution in [1.82, 2.24) is 5.32 Å². The van der Waals surface area contributed by atoms with E-state index in [-0.39, 0.29) is 11.7 Å². The number of unbranched alkanes of at least 4 members (excludes halogenated alkanes) is 3. The van der Waals surface area contributed by atoms with Gasteiger partial charge in [-0.2, -0.15) is 0 Å². The lowest BCUT2D eigenvalue weighted by Gasteiger charge is -2.19. The molecule has 0 saturated carbocycles. The van der Waals surface area contributed by atoms with Gasteiger partial charge in [0.2, 0.25) is 0 Å². The van der Waals surface area contributed by atoms with Crippen molar-refractivity contribution in [3.05, 3.63) is 110 Å². The van der Waals surface area contributed by atoms with Crippen LogP contribution in [0.4, 0.5) is 0 Å². The normalized spacial score (nSPS) is 10.9. The third kappa shape index (κ3) is 9.14. The van der Waals surface area contributed by atoms with Crippen LogP contribution in [0.1, 0.15) is 41.6 Å².